The second-order valence-electron chi connectivity index (χ2n) is 7.28. The molecule has 0 N–H and O–H groups in total. The van der Waals surface area contributed by atoms with Crippen LogP contribution in [-0.2, 0) is 4.79 Å². The van der Waals surface area contributed by atoms with Crippen LogP contribution in [-0.4, -0.2) is 36.2 Å². The van der Waals surface area contributed by atoms with Gasteiger partial charge in [0.2, 0.25) is 5.91 Å². The van der Waals surface area contributed by atoms with Gasteiger partial charge in [-0.15, -0.1) is 10.2 Å². The predicted octanol–water partition coefficient (Wildman–Crippen LogP) is 4.16. The minimum Gasteiger partial charge on any atom is -0.355 e. The quantitative estimate of drug-likeness (QED) is 0.671. The highest BCUT2D eigenvalue weighted by atomic mass is 19.1. The van der Waals surface area contributed by atoms with Crippen LogP contribution in [0.4, 0.5) is 15.9 Å². The molecule has 1 aromatic heterocycles. The van der Waals surface area contributed by atoms with Crippen LogP contribution in [0.15, 0.2) is 66.7 Å². The van der Waals surface area contributed by atoms with E-state index in [2.05, 4.69) is 15.1 Å². The molecule has 0 radical (unpaired) electrons. The van der Waals surface area contributed by atoms with Gasteiger partial charge < -0.3 is 9.80 Å². The van der Waals surface area contributed by atoms with E-state index in [0.717, 1.165) is 43.0 Å². The maximum atomic E-state index is 13.1. The van der Waals surface area contributed by atoms with Crippen molar-refractivity contribution in [3.05, 3.63) is 72.5 Å². The molecule has 0 aliphatic carbocycles. The van der Waals surface area contributed by atoms with Crippen LogP contribution in [0, 0.1) is 11.7 Å². The number of hydrogen-bond acceptors (Lipinski definition) is 4. The molecule has 5 nitrogen and oxygen atoms in total. The summed E-state index contributed by atoms with van der Waals surface area (Å²) in [6.07, 6.45) is 1.58. The lowest BCUT2D eigenvalue weighted by Gasteiger charge is -2.33. The minimum atomic E-state index is -0.270. The summed E-state index contributed by atoms with van der Waals surface area (Å²) in [7, 11) is 1.84. The average Bonchev–Trinajstić information content (AvgIpc) is 2.79. The number of amides is 1. The summed E-state index contributed by atoms with van der Waals surface area (Å²) in [4.78, 5) is 16.7. The van der Waals surface area contributed by atoms with Gasteiger partial charge >= 0.3 is 0 Å². The van der Waals surface area contributed by atoms with Gasteiger partial charge in [0, 0.05) is 37.3 Å². The van der Waals surface area contributed by atoms with Crippen LogP contribution in [0.1, 0.15) is 12.8 Å². The maximum Gasteiger partial charge on any atom is 0.229 e. The number of carbonyl (C=O) groups excluding carboxylic acids is 1. The zero-order valence-corrected chi connectivity index (χ0v) is 16.3. The van der Waals surface area contributed by atoms with Crippen molar-refractivity contribution >= 4 is 17.4 Å². The van der Waals surface area contributed by atoms with Crippen LogP contribution >= 0.6 is 0 Å². The number of carbonyl (C=O) groups is 1. The number of rotatable bonds is 4. The first-order valence-electron chi connectivity index (χ1n) is 9.79. The minimum absolute atomic E-state index is 0.0166. The fraction of sp³-hybridized carbons (Fsp3) is 0.261. The van der Waals surface area contributed by atoms with Crippen molar-refractivity contribution in [1.82, 2.24) is 10.2 Å². The van der Waals surface area contributed by atoms with Gasteiger partial charge in [0.05, 0.1) is 5.69 Å². The molecule has 1 aliphatic rings. The van der Waals surface area contributed by atoms with Gasteiger partial charge in [-0.3, -0.25) is 4.79 Å². The molecule has 0 bridgehead atoms. The summed E-state index contributed by atoms with van der Waals surface area (Å²) in [5.74, 6) is 0.711. The van der Waals surface area contributed by atoms with Gasteiger partial charge in [-0.1, -0.05) is 18.2 Å². The van der Waals surface area contributed by atoms with Crippen LogP contribution < -0.4 is 9.80 Å². The van der Waals surface area contributed by atoms with E-state index in [1.807, 2.05) is 49.5 Å². The normalized spacial score (nSPS) is 14.6. The molecule has 1 aliphatic heterocycles. The van der Waals surface area contributed by atoms with Gasteiger partial charge in [-0.25, -0.2) is 4.39 Å². The van der Waals surface area contributed by atoms with E-state index in [1.54, 1.807) is 17.0 Å². The Hall–Kier alpha value is -3.28. The topological polar surface area (TPSA) is 49.3 Å². The second-order valence-corrected chi connectivity index (χ2v) is 7.28. The lowest BCUT2D eigenvalue weighted by molar-refractivity contribution is -0.122. The number of piperidine rings is 1. The number of aromatic nitrogens is 2. The summed E-state index contributed by atoms with van der Waals surface area (Å²) < 4.78 is 13.1. The largest absolute Gasteiger partial charge is 0.355 e. The van der Waals surface area contributed by atoms with Gasteiger partial charge in [-0.2, -0.15) is 0 Å². The van der Waals surface area contributed by atoms with E-state index in [0.29, 0.717) is 5.69 Å². The molecule has 6 heteroatoms. The molecule has 3 aromatic rings. The number of para-hydroxylation sites is 1. The fourth-order valence-electron chi connectivity index (χ4n) is 3.68. The number of nitrogens with zero attached hydrogens (tertiary/aromatic N) is 4. The lowest BCUT2D eigenvalue weighted by Crippen LogP contribution is -2.41. The molecule has 2 aromatic carbocycles. The Morgan fingerprint density at radius 3 is 2.28 bits per heavy atom. The molecular weight excluding hydrogens is 367 g/mol. The number of benzene rings is 2. The van der Waals surface area contributed by atoms with E-state index < -0.39 is 0 Å². The Morgan fingerprint density at radius 1 is 0.966 bits per heavy atom. The highest BCUT2D eigenvalue weighted by Gasteiger charge is 2.28. The van der Waals surface area contributed by atoms with Crippen LogP contribution in [0.25, 0.3) is 11.3 Å². The Labute approximate surface area is 169 Å². The van der Waals surface area contributed by atoms with Crippen LogP contribution in [0.5, 0.6) is 0 Å². The molecular formula is C23H23FN4O. The van der Waals surface area contributed by atoms with Crippen molar-refractivity contribution in [1.29, 1.82) is 0 Å². The van der Waals surface area contributed by atoms with Gasteiger partial charge in [0.15, 0.2) is 5.82 Å². The fourth-order valence-corrected chi connectivity index (χ4v) is 3.68. The highest BCUT2D eigenvalue weighted by molar-refractivity contribution is 5.94. The van der Waals surface area contributed by atoms with E-state index in [-0.39, 0.29) is 17.6 Å². The smallest absolute Gasteiger partial charge is 0.229 e. The third kappa shape index (κ3) is 4.26. The molecule has 2 heterocycles. The van der Waals surface area contributed by atoms with Crippen molar-refractivity contribution in [3.63, 3.8) is 0 Å². The third-order valence-electron chi connectivity index (χ3n) is 5.43. The molecule has 1 saturated heterocycles. The van der Waals surface area contributed by atoms with Crippen molar-refractivity contribution in [2.75, 3.05) is 29.9 Å². The number of anilines is 2. The number of halogens is 1. The summed E-state index contributed by atoms with van der Waals surface area (Å²) in [6.45, 7) is 1.53. The van der Waals surface area contributed by atoms with Crippen LogP contribution in [0.2, 0.25) is 0 Å². The monoisotopic (exact) mass is 390 g/mol. The van der Waals surface area contributed by atoms with Crippen molar-refractivity contribution in [3.8, 4) is 11.3 Å². The Morgan fingerprint density at radius 2 is 1.66 bits per heavy atom. The molecule has 0 atom stereocenters. The Balaban J connectivity index is 1.37. The molecule has 1 amide bonds. The third-order valence-corrected chi connectivity index (χ3v) is 5.43. The molecule has 4 rings (SSSR count). The molecule has 0 saturated carbocycles. The molecule has 0 unspecified atom stereocenters. The van der Waals surface area contributed by atoms with Crippen molar-refractivity contribution in [2.24, 2.45) is 5.92 Å². The maximum absolute atomic E-state index is 13.1. The summed E-state index contributed by atoms with van der Waals surface area (Å²) in [5, 5.41) is 8.63. The highest BCUT2D eigenvalue weighted by Crippen LogP contribution is 2.26. The summed E-state index contributed by atoms with van der Waals surface area (Å²) >= 11 is 0. The zero-order chi connectivity index (χ0) is 20.2. The van der Waals surface area contributed by atoms with E-state index >= 15 is 0 Å². The SMILES string of the molecule is CN(C(=O)C1CCN(c2ccc(-c3ccc(F)cc3)nn2)CC1)c1ccccc1. The first-order chi connectivity index (χ1) is 14.1. The van der Waals surface area contributed by atoms with Gasteiger partial charge in [-0.05, 0) is 61.4 Å². The predicted molar refractivity (Wildman–Crippen MR) is 112 cm³/mol. The van der Waals surface area contributed by atoms with Crippen molar-refractivity contribution < 1.29 is 9.18 Å². The molecule has 29 heavy (non-hydrogen) atoms. The molecule has 0 spiro atoms. The summed E-state index contributed by atoms with van der Waals surface area (Å²) in [6, 6.07) is 19.8. The van der Waals surface area contributed by atoms with Crippen molar-refractivity contribution in [2.45, 2.75) is 12.8 Å². The van der Waals surface area contributed by atoms with Gasteiger partial charge in [0.1, 0.15) is 5.82 Å². The number of hydrogen-bond donors (Lipinski definition) is 0. The summed E-state index contributed by atoms with van der Waals surface area (Å²) in [5.41, 5.74) is 2.46. The first kappa shape index (κ1) is 19.1. The van der Waals surface area contributed by atoms with E-state index in [1.165, 1.54) is 12.1 Å². The molecule has 148 valence electrons. The Kier molecular flexibility index (Phi) is 5.51. The van der Waals surface area contributed by atoms with Gasteiger partial charge in [0.25, 0.3) is 0 Å². The van der Waals surface area contributed by atoms with Crippen LogP contribution in [0.3, 0.4) is 0 Å². The molecule has 1 fully saturated rings. The Bertz CT molecular complexity index is 952. The second kappa shape index (κ2) is 8.39. The lowest BCUT2D eigenvalue weighted by atomic mass is 9.95. The first-order valence-corrected chi connectivity index (χ1v) is 9.79. The van der Waals surface area contributed by atoms with E-state index in [4.69, 9.17) is 0 Å². The zero-order valence-electron chi connectivity index (χ0n) is 16.3. The average molecular weight is 390 g/mol. The standard InChI is InChI=1S/C23H23FN4O/c1-27(20-5-3-2-4-6-20)23(29)18-13-15-28(16-14-18)22-12-11-21(25-26-22)17-7-9-19(24)10-8-17/h2-12,18H,13-16H2,1H3. The van der Waals surface area contributed by atoms with E-state index in [9.17, 15) is 9.18 Å².